The molecule has 0 saturated heterocycles. The third kappa shape index (κ3) is 3.43. The van der Waals surface area contributed by atoms with Gasteiger partial charge >= 0.3 is 0 Å². The van der Waals surface area contributed by atoms with E-state index in [2.05, 4.69) is 5.32 Å². The summed E-state index contributed by atoms with van der Waals surface area (Å²) in [6.07, 6.45) is 6.64. The molecule has 3 heteroatoms. The zero-order valence-corrected chi connectivity index (χ0v) is 8.97. The number of anilines is 1. The van der Waals surface area contributed by atoms with Crippen LogP contribution in [-0.2, 0) is 4.79 Å². The highest BCUT2D eigenvalue weighted by Gasteiger charge is 2.02. The summed E-state index contributed by atoms with van der Waals surface area (Å²) in [7, 11) is 0. The van der Waals surface area contributed by atoms with Crippen LogP contribution in [-0.4, -0.2) is 5.91 Å². The van der Waals surface area contributed by atoms with Gasteiger partial charge in [0, 0.05) is 6.08 Å². The molecule has 3 nitrogen and oxygen atoms in total. The zero-order valence-electron chi connectivity index (χ0n) is 8.97. The fourth-order valence-corrected chi connectivity index (χ4v) is 1.12. The molecule has 1 N–H and O–H groups in total. The third-order valence-electron chi connectivity index (χ3n) is 1.86. The van der Waals surface area contributed by atoms with Crippen molar-refractivity contribution in [3.8, 4) is 6.07 Å². The summed E-state index contributed by atoms with van der Waals surface area (Å²) >= 11 is 0. The van der Waals surface area contributed by atoms with E-state index in [1.807, 2.05) is 19.1 Å². The van der Waals surface area contributed by atoms with Gasteiger partial charge in [0.1, 0.15) is 6.07 Å². The minimum absolute atomic E-state index is 0.249. The quantitative estimate of drug-likeness (QED) is 0.618. The van der Waals surface area contributed by atoms with Crippen LogP contribution in [0.2, 0.25) is 0 Å². The Hall–Kier alpha value is -2.34. The van der Waals surface area contributed by atoms with Gasteiger partial charge in [-0.2, -0.15) is 5.26 Å². The Morgan fingerprint density at radius 3 is 2.81 bits per heavy atom. The zero-order chi connectivity index (χ0) is 11.8. The van der Waals surface area contributed by atoms with Crippen LogP contribution < -0.4 is 5.32 Å². The molecule has 1 amide bonds. The van der Waals surface area contributed by atoms with Crippen molar-refractivity contribution >= 4 is 11.6 Å². The first kappa shape index (κ1) is 11.7. The number of hydrogen-bond acceptors (Lipinski definition) is 2. The van der Waals surface area contributed by atoms with Gasteiger partial charge in [0.05, 0.1) is 11.3 Å². The molecule has 0 atom stereocenters. The molecule has 0 bridgehead atoms. The molecule has 0 aliphatic rings. The number of nitriles is 1. The van der Waals surface area contributed by atoms with Crippen molar-refractivity contribution in [3.63, 3.8) is 0 Å². The summed E-state index contributed by atoms with van der Waals surface area (Å²) in [5.74, 6) is -0.249. The van der Waals surface area contributed by atoms with Gasteiger partial charge < -0.3 is 5.32 Å². The van der Waals surface area contributed by atoms with E-state index in [0.29, 0.717) is 11.3 Å². The van der Waals surface area contributed by atoms with E-state index in [1.165, 1.54) is 6.08 Å². The Bertz CT molecular complexity index is 467. The lowest BCUT2D eigenvalue weighted by atomic mass is 10.2. The molecule has 0 aliphatic heterocycles. The van der Waals surface area contributed by atoms with E-state index in [0.717, 1.165) is 0 Å². The number of benzene rings is 1. The first-order chi connectivity index (χ1) is 7.77. The predicted octanol–water partition coefficient (Wildman–Crippen LogP) is 2.63. The Morgan fingerprint density at radius 1 is 1.38 bits per heavy atom. The number of carbonyl (C=O) groups is 1. The third-order valence-corrected chi connectivity index (χ3v) is 1.86. The maximum atomic E-state index is 11.4. The number of nitrogens with one attached hydrogen (secondary N) is 1. The number of amides is 1. The second kappa shape index (κ2) is 6.20. The van der Waals surface area contributed by atoms with Crippen molar-refractivity contribution in [3.05, 3.63) is 54.1 Å². The van der Waals surface area contributed by atoms with Crippen LogP contribution in [0, 0.1) is 11.3 Å². The van der Waals surface area contributed by atoms with E-state index < -0.39 is 0 Å². The van der Waals surface area contributed by atoms with Gasteiger partial charge in [0.15, 0.2) is 0 Å². The SMILES string of the molecule is CC=CC=CC(=O)Nc1ccccc1C#N. The molecule has 1 rings (SSSR count). The van der Waals surface area contributed by atoms with E-state index >= 15 is 0 Å². The van der Waals surface area contributed by atoms with E-state index in [4.69, 9.17) is 5.26 Å². The lowest BCUT2D eigenvalue weighted by molar-refractivity contribution is -0.111. The Labute approximate surface area is 94.7 Å². The number of hydrogen-bond donors (Lipinski definition) is 1. The molecule has 1 aromatic carbocycles. The normalized spacial score (nSPS) is 10.5. The van der Waals surface area contributed by atoms with Crippen LogP contribution in [0.5, 0.6) is 0 Å². The van der Waals surface area contributed by atoms with E-state index in [1.54, 1.807) is 36.4 Å². The van der Waals surface area contributed by atoms with Gasteiger partial charge in [-0.1, -0.05) is 30.4 Å². The van der Waals surface area contributed by atoms with Crippen molar-refractivity contribution in [1.29, 1.82) is 5.26 Å². The largest absolute Gasteiger partial charge is 0.321 e. The van der Waals surface area contributed by atoms with Crippen LogP contribution in [0.3, 0.4) is 0 Å². The number of carbonyl (C=O) groups excluding carboxylic acids is 1. The lowest BCUT2D eigenvalue weighted by Crippen LogP contribution is -2.08. The van der Waals surface area contributed by atoms with Crippen LogP contribution in [0.4, 0.5) is 5.69 Å². The molecule has 80 valence electrons. The highest BCUT2D eigenvalue weighted by Crippen LogP contribution is 2.13. The monoisotopic (exact) mass is 212 g/mol. The average molecular weight is 212 g/mol. The van der Waals surface area contributed by atoms with Crippen LogP contribution in [0.25, 0.3) is 0 Å². The van der Waals surface area contributed by atoms with Crippen LogP contribution in [0.1, 0.15) is 12.5 Å². The highest BCUT2D eigenvalue weighted by atomic mass is 16.1. The Morgan fingerprint density at radius 2 is 2.12 bits per heavy atom. The number of allylic oxidation sites excluding steroid dienone is 3. The summed E-state index contributed by atoms with van der Waals surface area (Å²) in [5, 5.41) is 11.5. The summed E-state index contributed by atoms with van der Waals surface area (Å²) in [6, 6.07) is 8.89. The average Bonchev–Trinajstić information content (AvgIpc) is 2.30. The Kier molecular flexibility index (Phi) is 4.55. The van der Waals surface area contributed by atoms with Crippen molar-refractivity contribution in [2.45, 2.75) is 6.92 Å². The fraction of sp³-hybridized carbons (Fsp3) is 0.0769. The topological polar surface area (TPSA) is 52.9 Å². The van der Waals surface area contributed by atoms with Gasteiger partial charge in [0.25, 0.3) is 0 Å². The van der Waals surface area contributed by atoms with Crippen molar-refractivity contribution in [2.24, 2.45) is 0 Å². The van der Waals surface area contributed by atoms with Gasteiger partial charge in [-0.05, 0) is 19.1 Å². The molecule has 0 heterocycles. The molecule has 0 aliphatic carbocycles. The summed E-state index contributed by atoms with van der Waals surface area (Å²) in [4.78, 5) is 11.4. The molecule has 0 aromatic heterocycles. The fourth-order valence-electron chi connectivity index (χ4n) is 1.12. The van der Waals surface area contributed by atoms with Crippen molar-refractivity contribution < 1.29 is 4.79 Å². The standard InChI is InChI=1S/C13H12N2O/c1-2-3-4-9-13(16)15-12-8-6-5-7-11(12)10-14/h2-9H,1H3,(H,15,16). The van der Waals surface area contributed by atoms with Gasteiger partial charge in [-0.15, -0.1) is 0 Å². The minimum Gasteiger partial charge on any atom is -0.321 e. The molecule has 16 heavy (non-hydrogen) atoms. The first-order valence-corrected chi connectivity index (χ1v) is 4.87. The number of rotatable bonds is 3. The first-order valence-electron chi connectivity index (χ1n) is 4.87. The summed E-state index contributed by atoms with van der Waals surface area (Å²) in [5.41, 5.74) is 0.982. The lowest BCUT2D eigenvalue weighted by Gasteiger charge is -2.03. The second-order valence-corrected chi connectivity index (χ2v) is 3.03. The smallest absolute Gasteiger partial charge is 0.248 e. The minimum atomic E-state index is -0.249. The van der Waals surface area contributed by atoms with Gasteiger partial charge in [0.2, 0.25) is 5.91 Å². The molecule has 0 radical (unpaired) electrons. The molecular formula is C13H12N2O. The van der Waals surface area contributed by atoms with Crippen molar-refractivity contribution in [1.82, 2.24) is 0 Å². The number of nitrogens with zero attached hydrogens (tertiary/aromatic N) is 1. The van der Waals surface area contributed by atoms with Crippen molar-refractivity contribution in [2.75, 3.05) is 5.32 Å². The molecule has 0 fully saturated rings. The Balaban J connectivity index is 2.74. The molecule has 0 saturated carbocycles. The highest BCUT2D eigenvalue weighted by molar-refractivity contribution is 6.00. The second-order valence-electron chi connectivity index (χ2n) is 3.03. The van der Waals surface area contributed by atoms with Crippen LogP contribution >= 0.6 is 0 Å². The predicted molar refractivity (Wildman–Crippen MR) is 63.7 cm³/mol. The molecule has 1 aromatic rings. The van der Waals surface area contributed by atoms with E-state index in [9.17, 15) is 4.79 Å². The number of para-hydroxylation sites is 1. The molecular weight excluding hydrogens is 200 g/mol. The van der Waals surface area contributed by atoms with Gasteiger partial charge in [-0.25, -0.2) is 0 Å². The maximum Gasteiger partial charge on any atom is 0.248 e. The molecule has 0 unspecified atom stereocenters. The van der Waals surface area contributed by atoms with Crippen LogP contribution in [0.15, 0.2) is 48.6 Å². The summed E-state index contributed by atoms with van der Waals surface area (Å²) in [6.45, 7) is 1.87. The maximum absolute atomic E-state index is 11.4. The molecule has 0 spiro atoms. The van der Waals surface area contributed by atoms with E-state index in [-0.39, 0.29) is 5.91 Å². The summed E-state index contributed by atoms with van der Waals surface area (Å²) < 4.78 is 0. The van der Waals surface area contributed by atoms with Gasteiger partial charge in [-0.3, -0.25) is 4.79 Å².